The van der Waals surface area contributed by atoms with Crippen LogP contribution in [0.2, 0.25) is 0 Å². The van der Waals surface area contributed by atoms with Crippen LogP contribution in [0.15, 0.2) is 12.8 Å². The maximum atomic E-state index is 9.86. The molecule has 0 unspecified atom stereocenters. The number of carbonyl (C=O) groups excluding carboxylic acids is 1. The number of hydrogen-bond donors (Lipinski definition) is 2. The van der Waals surface area contributed by atoms with Crippen LogP contribution >= 0.6 is 0 Å². The van der Waals surface area contributed by atoms with Gasteiger partial charge in [-0.05, 0) is 6.20 Å². The van der Waals surface area contributed by atoms with Crippen LogP contribution < -0.4 is 10.7 Å². The minimum Gasteiger partial charge on any atom is -0.334 e. The normalized spacial score (nSPS) is 5.89. The van der Waals surface area contributed by atoms with Crippen molar-refractivity contribution >= 4 is 5.91 Å². The van der Waals surface area contributed by atoms with Crippen molar-refractivity contribution < 1.29 is 10.1 Å². The largest absolute Gasteiger partial charge is 0.334 e. The third kappa shape index (κ3) is 54.2. The lowest BCUT2D eigenvalue weighted by Crippen LogP contribution is -2.53. The van der Waals surface area contributed by atoms with Crippen molar-refractivity contribution in [3.63, 3.8) is 0 Å². The summed E-state index contributed by atoms with van der Waals surface area (Å²) < 4.78 is 0. The van der Waals surface area contributed by atoms with Crippen LogP contribution in [0.1, 0.15) is 6.92 Å². The molecule has 5 nitrogen and oxygen atoms in total. The second kappa shape index (κ2) is 9.79. The number of rotatable bonds is 1. The van der Waals surface area contributed by atoms with E-state index >= 15 is 0 Å². The van der Waals surface area contributed by atoms with Crippen LogP contribution in [0.3, 0.4) is 0 Å². The van der Waals surface area contributed by atoms with Crippen LogP contribution in [0.5, 0.6) is 0 Å². The van der Waals surface area contributed by atoms with Gasteiger partial charge in [0.25, 0.3) is 0 Å². The van der Waals surface area contributed by atoms with E-state index < -0.39 is 0 Å². The first-order chi connectivity index (χ1) is 4.18. The summed E-state index contributed by atoms with van der Waals surface area (Å²) in [5, 5.41) is 10.7. The van der Waals surface area contributed by atoms with Crippen molar-refractivity contribution in [2.45, 2.75) is 6.92 Å². The SMILES string of the molecule is C=CNC(C)=O.O=[NH+][O-]. The van der Waals surface area contributed by atoms with Crippen molar-refractivity contribution in [1.29, 1.82) is 0 Å². The fraction of sp³-hybridized carbons (Fsp3) is 0.250. The Morgan fingerprint density at radius 2 is 2.22 bits per heavy atom. The van der Waals surface area contributed by atoms with Crippen molar-refractivity contribution in [3.05, 3.63) is 22.9 Å². The smallest absolute Gasteiger partial charge is 0.220 e. The zero-order chi connectivity index (χ0) is 7.70. The molecule has 0 aliphatic rings. The van der Waals surface area contributed by atoms with Gasteiger partial charge in [-0.1, -0.05) is 6.58 Å². The minimum absolute atomic E-state index is 0.0787. The summed E-state index contributed by atoms with van der Waals surface area (Å²) in [7, 11) is 0. The molecule has 9 heavy (non-hydrogen) atoms. The number of nitrogens with one attached hydrogen (secondary N) is 2. The second-order valence-corrected chi connectivity index (χ2v) is 0.988. The summed E-state index contributed by atoms with van der Waals surface area (Å²) in [4.78, 5) is 18.0. The Balaban J connectivity index is 0. The lowest BCUT2D eigenvalue weighted by molar-refractivity contribution is -0.398. The van der Waals surface area contributed by atoms with Gasteiger partial charge in [-0.3, -0.25) is 14.9 Å². The van der Waals surface area contributed by atoms with Crippen LogP contribution in [0, 0.1) is 10.1 Å². The molecule has 0 aliphatic heterocycles. The van der Waals surface area contributed by atoms with E-state index in [9.17, 15) is 4.79 Å². The summed E-state index contributed by atoms with van der Waals surface area (Å²) in [5.74, 6) is -0.0787. The van der Waals surface area contributed by atoms with Crippen molar-refractivity contribution in [3.8, 4) is 0 Å². The van der Waals surface area contributed by atoms with Gasteiger partial charge >= 0.3 is 0 Å². The van der Waals surface area contributed by atoms with Gasteiger partial charge in [-0.2, -0.15) is 0 Å². The Bertz CT molecular complexity index is 102. The standard InChI is InChI=1S/C4H7NO.HNO2/c1-3-5-4(2)6;2-1-3/h3H,1H2,2H3,(H,5,6);1H. The molecule has 0 aromatic heterocycles. The van der Waals surface area contributed by atoms with E-state index in [-0.39, 0.29) is 11.2 Å². The first-order valence-electron chi connectivity index (χ1n) is 2.06. The molecule has 0 radical (unpaired) electrons. The van der Waals surface area contributed by atoms with E-state index in [0.29, 0.717) is 0 Å². The molecule has 2 N–H and O–H groups in total. The summed E-state index contributed by atoms with van der Waals surface area (Å²) in [6.45, 7) is 4.70. The molecule has 0 rings (SSSR count). The van der Waals surface area contributed by atoms with E-state index in [2.05, 4.69) is 11.9 Å². The molecule has 0 saturated carbocycles. The topological polar surface area (TPSA) is 83.2 Å². The summed E-state index contributed by atoms with van der Waals surface area (Å²) in [6, 6.07) is 0. The average Bonchev–Trinajstić information content (AvgIpc) is 1.67. The Hall–Kier alpha value is -1.39. The highest BCUT2D eigenvalue weighted by Crippen LogP contribution is 1.54. The van der Waals surface area contributed by atoms with Gasteiger partial charge in [-0.25, -0.2) is 0 Å². The highest BCUT2D eigenvalue weighted by molar-refractivity contribution is 5.73. The minimum atomic E-state index is -0.0787. The van der Waals surface area contributed by atoms with Crippen molar-refractivity contribution in [2.24, 2.45) is 0 Å². The van der Waals surface area contributed by atoms with Gasteiger partial charge in [0.15, 0.2) is 0 Å². The van der Waals surface area contributed by atoms with E-state index in [0.717, 1.165) is 0 Å². The van der Waals surface area contributed by atoms with Gasteiger partial charge < -0.3 is 5.32 Å². The number of amides is 1. The van der Waals surface area contributed by atoms with Gasteiger partial charge in [0.2, 0.25) is 5.91 Å². The third-order valence-electron chi connectivity index (χ3n) is 0.305. The molecule has 52 valence electrons. The highest BCUT2D eigenvalue weighted by Gasteiger charge is 1.75. The van der Waals surface area contributed by atoms with Gasteiger partial charge in [0.1, 0.15) is 0 Å². The molecular weight excluding hydrogens is 124 g/mol. The second-order valence-electron chi connectivity index (χ2n) is 0.988. The van der Waals surface area contributed by atoms with E-state index in [1.807, 2.05) is 0 Å². The maximum absolute atomic E-state index is 9.86. The predicted molar refractivity (Wildman–Crippen MR) is 31.7 cm³/mol. The predicted octanol–water partition coefficient (Wildman–Crippen LogP) is -1.40. The van der Waals surface area contributed by atoms with Crippen molar-refractivity contribution in [1.82, 2.24) is 5.32 Å². The molecule has 5 heteroatoms. The Kier molecular flexibility index (Phi) is 11.5. The fourth-order valence-electron chi connectivity index (χ4n) is 0.144. The first kappa shape index (κ1) is 10.6. The Morgan fingerprint density at radius 1 is 1.89 bits per heavy atom. The van der Waals surface area contributed by atoms with Crippen LogP contribution in [-0.4, -0.2) is 5.91 Å². The Labute approximate surface area is 52.3 Å². The molecule has 0 atom stereocenters. The van der Waals surface area contributed by atoms with Crippen LogP contribution in [0.25, 0.3) is 0 Å². The number of carbonyl (C=O) groups is 1. The summed E-state index contributed by atoms with van der Waals surface area (Å²) >= 11 is 0. The Morgan fingerprint density at radius 3 is 2.22 bits per heavy atom. The molecule has 0 fully saturated rings. The lowest BCUT2D eigenvalue weighted by atomic mass is 10.7. The molecule has 0 aliphatic carbocycles. The summed E-state index contributed by atoms with van der Waals surface area (Å²) in [5.41, 5.74) is 0. The van der Waals surface area contributed by atoms with E-state index in [1.54, 1.807) is 0 Å². The molecule has 0 aromatic carbocycles. The number of hydrogen-bond acceptors (Lipinski definition) is 3. The molecule has 0 spiro atoms. The lowest BCUT2D eigenvalue weighted by Gasteiger charge is -1.83. The van der Waals surface area contributed by atoms with Gasteiger partial charge in [0, 0.05) is 12.3 Å². The first-order valence-corrected chi connectivity index (χ1v) is 2.06. The quantitative estimate of drug-likeness (QED) is 0.340. The van der Waals surface area contributed by atoms with Gasteiger partial charge in [0.05, 0.1) is 0 Å². The fourth-order valence-corrected chi connectivity index (χ4v) is 0.144. The zero-order valence-electron chi connectivity index (χ0n) is 5.01. The molecule has 0 aromatic rings. The van der Waals surface area contributed by atoms with E-state index in [1.165, 1.54) is 13.1 Å². The maximum Gasteiger partial charge on any atom is 0.220 e. The summed E-state index contributed by atoms with van der Waals surface area (Å²) in [6.07, 6.45) is 1.35. The monoisotopic (exact) mass is 132 g/mol. The van der Waals surface area contributed by atoms with Crippen molar-refractivity contribution in [2.75, 3.05) is 0 Å². The average molecular weight is 132 g/mol. The molecular formula is C4H8N2O3. The van der Waals surface area contributed by atoms with Crippen LogP contribution in [-0.2, 0) is 4.79 Å². The molecule has 0 heterocycles. The molecule has 0 bridgehead atoms. The van der Waals surface area contributed by atoms with Crippen LogP contribution in [0.4, 0.5) is 0 Å². The molecule has 1 amide bonds. The highest BCUT2D eigenvalue weighted by atomic mass is 16.6. The zero-order valence-corrected chi connectivity index (χ0v) is 5.01. The third-order valence-corrected chi connectivity index (χ3v) is 0.305. The van der Waals surface area contributed by atoms with E-state index in [4.69, 9.17) is 10.1 Å². The van der Waals surface area contributed by atoms with Gasteiger partial charge in [-0.15, -0.1) is 0 Å². The molecule has 0 saturated heterocycles.